The van der Waals surface area contributed by atoms with Gasteiger partial charge in [-0.15, -0.1) is 11.3 Å². The van der Waals surface area contributed by atoms with E-state index in [0.29, 0.717) is 11.4 Å². The van der Waals surface area contributed by atoms with Crippen LogP contribution in [0.15, 0.2) is 40.6 Å². The first kappa shape index (κ1) is 18.1. The van der Waals surface area contributed by atoms with E-state index in [1.807, 2.05) is 32.9 Å². The maximum Gasteiger partial charge on any atom is 0.241 e. The minimum Gasteiger partial charge on any atom is -0.308 e. The Balaban J connectivity index is 2.13. The Morgan fingerprint density at radius 2 is 1.78 bits per heavy atom. The average molecular weight is 353 g/mol. The number of hydrogen-bond donors (Lipinski definition) is 2. The van der Waals surface area contributed by atoms with E-state index in [1.165, 1.54) is 10.4 Å². The van der Waals surface area contributed by atoms with Crippen molar-refractivity contribution < 1.29 is 8.42 Å². The van der Waals surface area contributed by atoms with Crippen molar-refractivity contribution in [2.24, 2.45) is 0 Å². The molecule has 0 fully saturated rings. The van der Waals surface area contributed by atoms with Gasteiger partial charge in [0.05, 0.1) is 4.90 Å². The molecule has 0 aliphatic heterocycles. The molecule has 1 aromatic heterocycles. The van der Waals surface area contributed by atoms with E-state index in [-0.39, 0.29) is 0 Å². The number of rotatable bonds is 6. The van der Waals surface area contributed by atoms with Crippen LogP contribution >= 0.6 is 11.3 Å². The SMILES string of the molecule is Cc1ccsc1CNCc1ccccc1S(=O)(=O)NC(C)(C)C. The van der Waals surface area contributed by atoms with Gasteiger partial charge in [-0.05, 0) is 56.3 Å². The van der Waals surface area contributed by atoms with Gasteiger partial charge in [0, 0.05) is 23.5 Å². The van der Waals surface area contributed by atoms with E-state index in [1.54, 1.807) is 23.5 Å². The Hall–Kier alpha value is -1.21. The molecular weight excluding hydrogens is 328 g/mol. The lowest BCUT2D eigenvalue weighted by molar-refractivity contribution is 0.490. The number of hydrogen-bond acceptors (Lipinski definition) is 4. The standard InChI is InChI=1S/C17H24N2O2S2/c1-13-9-10-22-15(13)12-18-11-14-7-5-6-8-16(14)23(20,21)19-17(2,3)4/h5-10,18-19H,11-12H2,1-4H3. The smallest absolute Gasteiger partial charge is 0.241 e. The van der Waals surface area contributed by atoms with Crippen molar-refractivity contribution in [2.75, 3.05) is 0 Å². The van der Waals surface area contributed by atoms with Crippen LogP contribution in [-0.4, -0.2) is 14.0 Å². The van der Waals surface area contributed by atoms with Crippen LogP contribution in [-0.2, 0) is 23.1 Å². The van der Waals surface area contributed by atoms with Gasteiger partial charge < -0.3 is 5.32 Å². The molecule has 0 saturated carbocycles. The van der Waals surface area contributed by atoms with Gasteiger partial charge in [0.25, 0.3) is 0 Å². The van der Waals surface area contributed by atoms with E-state index >= 15 is 0 Å². The number of nitrogens with one attached hydrogen (secondary N) is 2. The Morgan fingerprint density at radius 3 is 2.39 bits per heavy atom. The Morgan fingerprint density at radius 1 is 1.09 bits per heavy atom. The van der Waals surface area contributed by atoms with E-state index in [0.717, 1.165) is 12.1 Å². The van der Waals surface area contributed by atoms with E-state index < -0.39 is 15.6 Å². The maximum absolute atomic E-state index is 12.6. The molecular formula is C17H24N2O2S2. The Kier molecular flexibility index (Phi) is 5.62. The summed E-state index contributed by atoms with van der Waals surface area (Å²) in [5, 5.41) is 5.41. The van der Waals surface area contributed by atoms with Crippen molar-refractivity contribution in [1.82, 2.24) is 10.0 Å². The van der Waals surface area contributed by atoms with Gasteiger partial charge in [0.2, 0.25) is 10.0 Å². The average Bonchev–Trinajstić information content (AvgIpc) is 2.82. The summed E-state index contributed by atoms with van der Waals surface area (Å²) in [5.74, 6) is 0. The van der Waals surface area contributed by atoms with Gasteiger partial charge in [0.15, 0.2) is 0 Å². The van der Waals surface area contributed by atoms with Crippen molar-refractivity contribution in [2.45, 2.75) is 51.2 Å². The van der Waals surface area contributed by atoms with Gasteiger partial charge in [-0.3, -0.25) is 0 Å². The van der Waals surface area contributed by atoms with Crippen molar-refractivity contribution >= 4 is 21.4 Å². The molecule has 2 N–H and O–H groups in total. The summed E-state index contributed by atoms with van der Waals surface area (Å²) in [6.45, 7) is 8.85. The van der Waals surface area contributed by atoms with E-state index in [9.17, 15) is 8.42 Å². The molecule has 2 rings (SSSR count). The Bertz CT molecular complexity index is 759. The van der Waals surface area contributed by atoms with Crippen LogP contribution < -0.4 is 10.0 Å². The predicted octanol–water partition coefficient (Wildman–Crippen LogP) is 3.42. The van der Waals surface area contributed by atoms with Gasteiger partial charge in [-0.25, -0.2) is 13.1 Å². The molecule has 4 nitrogen and oxygen atoms in total. The third kappa shape index (κ3) is 5.14. The molecule has 2 aromatic rings. The van der Waals surface area contributed by atoms with Crippen molar-refractivity contribution in [3.8, 4) is 0 Å². The molecule has 0 bridgehead atoms. The van der Waals surface area contributed by atoms with Gasteiger partial charge in [-0.2, -0.15) is 0 Å². The number of aryl methyl sites for hydroxylation is 1. The first-order valence-corrected chi connectivity index (χ1v) is 9.91. The zero-order chi connectivity index (χ0) is 17.1. The highest BCUT2D eigenvalue weighted by Crippen LogP contribution is 2.19. The lowest BCUT2D eigenvalue weighted by Crippen LogP contribution is -2.40. The van der Waals surface area contributed by atoms with Crippen LogP contribution in [0.3, 0.4) is 0 Å². The summed E-state index contributed by atoms with van der Waals surface area (Å²) in [6.07, 6.45) is 0. The lowest BCUT2D eigenvalue weighted by atomic mass is 10.1. The molecule has 126 valence electrons. The molecule has 0 radical (unpaired) electrons. The molecule has 0 aliphatic rings. The zero-order valence-corrected chi connectivity index (χ0v) is 15.6. The second-order valence-electron chi connectivity index (χ2n) is 6.59. The molecule has 23 heavy (non-hydrogen) atoms. The number of sulfonamides is 1. The second kappa shape index (κ2) is 7.13. The minimum absolute atomic E-state index is 0.338. The van der Waals surface area contributed by atoms with Crippen LogP contribution in [0.1, 0.15) is 36.8 Å². The molecule has 0 unspecified atom stereocenters. The quantitative estimate of drug-likeness (QED) is 0.837. The monoisotopic (exact) mass is 352 g/mol. The lowest BCUT2D eigenvalue weighted by Gasteiger charge is -2.21. The second-order valence-corrected chi connectivity index (χ2v) is 9.25. The van der Waals surface area contributed by atoms with E-state index in [4.69, 9.17) is 0 Å². The highest BCUT2D eigenvalue weighted by Gasteiger charge is 2.24. The molecule has 0 aliphatic carbocycles. The summed E-state index contributed by atoms with van der Waals surface area (Å²) in [7, 11) is -3.53. The molecule has 0 amide bonds. The van der Waals surface area contributed by atoms with Gasteiger partial charge in [-0.1, -0.05) is 18.2 Å². The van der Waals surface area contributed by atoms with Crippen LogP contribution in [0.4, 0.5) is 0 Å². The first-order chi connectivity index (χ1) is 10.7. The third-order valence-electron chi connectivity index (χ3n) is 3.27. The van der Waals surface area contributed by atoms with Gasteiger partial charge >= 0.3 is 0 Å². The topological polar surface area (TPSA) is 58.2 Å². The first-order valence-electron chi connectivity index (χ1n) is 7.54. The molecule has 0 atom stereocenters. The minimum atomic E-state index is -3.53. The molecule has 1 aromatic carbocycles. The van der Waals surface area contributed by atoms with Crippen LogP contribution in [0, 0.1) is 6.92 Å². The fraction of sp³-hybridized carbons (Fsp3) is 0.412. The van der Waals surface area contributed by atoms with Crippen molar-refractivity contribution in [3.63, 3.8) is 0 Å². The Labute approximate surface area is 143 Å². The predicted molar refractivity (Wildman–Crippen MR) is 96.1 cm³/mol. The van der Waals surface area contributed by atoms with E-state index in [2.05, 4.69) is 28.4 Å². The van der Waals surface area contributed by atoms with Crippen molar-refractivity contribution in [1.29, 1.82) is 0 Å². The highest BCUT2D eigenvalue weighted by molar-refractivity contribution is 7.89. The third-order valence-corrected chi connectivity index (χ3v) is 6.15. The fourth-order valence-corrected chi connectivity index (χ4v) is 4.80. The van der Waals surface area contributed by atoms with Crippen molar-refractivity contribution in [3.05, 3.63) is 51.7 Å². The molecule has 6 heteroatoms. The summed E-state index contributed by atoms with van der Waals surface area (Å²) in [4.78, 5) is 1.61. The maximum atomic E-state index is 12.6. The summed E-state index contributed by atoms with van der Waals surface area (Å²) < 4.78 is 27.9. The largest absolute Gasteiger partial charge is 0.308 e. The normalized spacial score (nSPS) is 12.5. The van der Waals surface area contributed by atoms with Crippen LogP contribution in [0.25, 0.3) is 0 Å². The summed E-state index contributed by atoms with van der Waals surface area (Å²) in [6, 6.07) is 9.22. The van der Waals surface area contributed by atoms with Crippen LogP contribution in [0.2, 0.25) is 0 Å². The fourth-order valence-electron chi connectivity index (χ4n) is 2.27. The number of benzene rings is 1. The summed E-state index contributed by atoms with van der Waals surface area (Å²) >= 11 is 1.71. The zero-order valence-electron chi connectivity index (χ0n) is 14.0. The molecule has 0 saturated heterocycles. The molecule has 1 heterocycles. The summed E-state index contributed by atoms with van der Waals surface area (Å²) in [5.41, 5.74) is 1.53. The molecule has 0 spiro atoms. The highest BCUT2D eigenvalue weighted by atomic mass is 32.2. The number of thiophene rings is 1. The van der Waals surface area contributed by atoms with Crippen LogP contribution in [0.5, 0.6) is 0 Å². The van der Waals surface area contributed by atoms with Gasteiger partial charge in [0.1, 0.15) is 0 Å².